The summed E-state index contributed by atoms with van der Waals surface area (Å²) in [6.45, 7) is 1.20. The Morgan fingerprint density at radius 2 is 2.23 bits per heavy atom. The van der Waals surface area contributed by atoms with E-state index in [0.717, 1.165) is 18.2 Å². The minimum Gasteiger partial charge on any atom is -0.476 e. The number of hydrogen-bond acceptors (Lipinski definition) is 4. The standard InChI is InChI=1S/C9H13N3O/c10-5-8-3-4-9(12-11-8)13-6-7-1-2-7/h3-4,7H,1-2,5-6,10H2. The van der Waals surface area contributed by atoms with E-state index >= 15 is 0 Å². The molecule has 0 amide bonds. The second-order valence-electron chi connectivity index (χ2n) is 3.32. The second-order valence-corrected chi connectivity index (χ2v) is 3.32. The third-order valence-corrected chi connectivity index (χ3v) is 2.07. The zero-order valence-electron chi connectivity index (χ0n) is 7.44. The number of nitrogens with two attached hydrogens (primary N) is 1. The fourth-order valence-corrected chi connectivity index (χ4v) is 1.02. The maximum Gasteiger partial charge on any atom is 0.233 e. The molecule has 1 aromatic heterocycles. The number of hydrogen-bond donors (Lipinski definition) is 1. The van der Waals surface area contributed by atoms with Gasteiger partial charge in [0.2, 0.25) is 5.88 Å². The highest BCUT2D eigenvalue weighted by Gasteiger charge is 2.22. The summed E-state index contributed by atoms with van der Waals surface area (Å²) < 4.78 is 5.41. The summed E-state index contributed by atoms with van der Waals surface area (Å²) in [4.78, 5) is 0. The van der Waals surface area contributed by atoms with Crippen LogP contribution in [0.15, 0.2) is 12.1 Å². The van der Waals surface area contributed by atoms with Crippen LogP contribution in [0.1, 0.15) is 18.5 Å². The van der Waals surface area contributed by atoms with Crippen LogP contribution in [0.3, 0.4) is 0 Å². The van der Waals surface area contributed by atoms with E-state index in [1.54, 1.807) is 0 Å². The Bertz CT molecular complexity index is 269. The first-order chi connectivity index (χ1) is 6.38. The SMILES string of the molecule is NCc1ccc(OCC2CC2)nn1. The fraction of sp³-hybridized carbons (Fsp3) is 0.556. The summed E-state index contributed by atoms with van der Waals surface area (Å²) in [7, 11) is 0. The highest BCUT2D eigenvalue weighted by atomic mass is 16.5. The number of aromatic nitrogens is 2. The topological polar surface area (TPSA) is 61.0 Å². The van der Waals surface area contributed by atoms with E-state index in [0.29, 0.717) is 12.4 Å². The zero-order chi connectivity index (χ0) is 9.10. The lowest BCUT2D eigenvalue weighted by atomic mass is 10.4. The van der Waals surface area contributed by atoms with Gasteiger partial charge in [0.05, 0.1) is 12.3 Å². The molecule has 1 fully saturated rings. The molecule has 1 heterocycles. The lowest BCUT2D eigenvalue weighted by Gasteiger charge is -2.02. The molecule has 1 aliphatic rings. The van der Waals surface area contributed by atoms with Crippen LogP contribution in [0.5, 0.6) is 5.88 Å². The molecule has 13 heavy (non-hydrogen) atoms. The van der Waals surface area contributed by atoms with Gasteiger partial charge in [-0.25, -0.2) is 0 Å². The summed E-state index contributed by atoms with van der Waals surface area (Å²) in [5.41, 5.74) is 6.18. The van der Waals surface area contributed by atoms with E-state index in [4.69, 9.17) is 10.5 Å². The molecule has 2 N–H and O–H groups in total. The molecule has 4 heteroatoms. The van der Waals surface area contributed by atoms with Crippen LogP contribution in [-0.4, -0.2) is 16.8 Å². The fourth-order valence-electron chi connectivity index (χ4n) is 1.02. The van der Waals surface area contributed by atoms with Crippen molar-refractivity contribution in [2.45, 2.75) is 19.4 Å². The van der Waals surface area contributed by atoms with Gasteiger partial charge in [0, 0.05) is 12.6 Å². The van der Waals surface area contributed by atoms with Crippen molar-refractivity contribution in [3.8, 4) is 5.88 Å². The Labute approximate surface area is 77.1 Å². The molecule has 0 unspecified atom stereocenters. The van der Waals surface area contributed by atoms with E-state index in [1.807, 2.05) is 12.1 Å². The van der Waals surface area contributed by atoms with Crippen LogP contribution in [0.2, 0.25) is 0 Å². The van der Waals surface area contributed by atoms with E-state index in [2.05, 4.69) is 10.2 Å². The van der Waals surface area contributed by atoms with Crippen molar-refractivity contribution in [2.24, 2.45) is 11.7 Å². The molecule has 1 aromatic rings. The Balaban J connectivity index is 1.88. The third kappa shape index (κ3) is 2.39. The average molecular weight is 179 g/mol. The van der Waals surface area contributed by atoms with Gasteiger partial charge in [0.25, 0.3) is 0 Å². The van der Waals surface area contributed by atoms with E-state index < -0.39 is 0 Å². The minimum atomic E-state index is 0.426. The minimum absolute atomic E-state index is 0.426. The quantitative estimate of drug-likeness (QED) is 0.740. The van der Waals surface area contributed by atoms with Gasteiger partial charge in [-0.1, -0.05) is 0 Å². The lowest BCUT2D eigenvalue weighted by Crippen LogP contribution is -2.04. The molecule has 0 bridgehead atoms. The van der Waals surface area contributed by atoms with Crippen LogP contribution in [0.4, 0.5) is 0 Å². The summed E-state index contributed by atoms with van der Waals surface area (Å²) >= 11 is 0. The van der Waals surface area contributed by atoms with Gasteiger partial charge >= 0.3 is 0 Å². The molecule has 1 aliphatic carbocycles. The molecular weight excluding hydrogens is 166 g/mol. The Morgan fingerprint density at radius 3 is 2.77 bits per heavy atom. The van der Waals surface area contributed by atoms with Crippen LogP contribution in [0.25, 0.3) is 0 Å². The molecule has 0 spiro atoms. The molecule has 70 valence electrons. The van der Waals surface area contributed by atoms with Gasteiger partial charge in [-0.05, 0) is 24.8 Å². The lowest BCUT2D eigenvalue weighted by molar-refractivity contribution is 0.285. The van der Waals surface area contributed by atoms with Crippen LogP contribution < -0.4 is 10.5 Å². The van der Waals surface area contributed by atoms with Gasteiger partial charge < -0.3 is 10.5 Å². The van der Waals surface area contributed by atoms with Crippen molar-refractivity contribution in [1.82, 2.24) is 10.2 Å². The highest BCUT2D eigenvalue weighted by molar-refractivity contribution is 5.11. The number of rotatable bonds is 4. The number of ether oxygens (including phenoxy) is 1. The van der Waals surface area contributed by atoms with Crippen molar-refractivity contribution in [3.05, 3.63) is 17.8 Å². The molecular formula is C9H13N3O. The van der Waals surface area contributed by atoms with Gasteiger partial charge in [0.1, 0.15) is 0 Å². The average Bonchev–Trinajstić information content (AvgIpc) is 2.99. The van der Waals surface area contributed by atoms with E-state index in [1.165, 1.54) is 12.8 Å². The van der Waals surface area contributed by atoms with Crippen molar-refractivity contribution in [3.63, 3.8) is 0 Å². The van der Waals surface area contributed by atoms with E-state index in [9.17, 15) is 0 Å². The molecule has 0 aliphatic heterocycles. The molecule has 0 aromatic carbocycles. The molecule has 0 radical (unpaired) electrons. The smallest absolute Gasteiger partial charge is 0.233 e. The summed E-state index contributed by atoms with van der Waals surface area (Å²) in [6, 6.07) is 3.66. The molecule has 0 saturated heterocycles. The van der Waals surface area contributed by atoms with E-state index in [-0.39, 0.29) is 0 Å². The maximum atomic E-state index is 5.41. The molecule has 2 rings (SSSR count). The van der Waals surface area contributed by atoms with Gasteiger partial charge in [-0.15, -0.1) is 5.10 Å². The zero-order valence-corrected chi connectivity index (χ0v) is 7.44. The first-order valence-electron chi connectivity index (χ1n) is 4.54. The first-order valence-corrected chi connectivity index (χ1v) is 4.54. The predicted molar refractivity (Wildman–Crippen MR) is 48.1 cm³/mol. The third-order valence-electron chi connectivity index (χ3n) is 2.07. The molecule has 0 atom stereocenters. The Kier molecular flexibility index (Phi) is 2.40. The molecule has 1 saturated carbocycles. The molecule has 4 nitrogen and oxygen atoms in total. The second kappa shape index (κ2) is 3.70. The van der Waals surface area contributed by atoms with Gasteiger partial charge in [-0.2, -0.15) is 5.10 Å². The normalized spacial score (nSPS) is 15.8. The van der Waals surface area contributed by atoms with Crippen LogP contribution >= 0.6 is 0 Å². The predicted octanol–water partition coefficient (Wildman–Crippen LogP) is 0.724. The Hall–Kier alpha value is -1.16. The van der Waals surface area contributed by atoms with Crippen molar-refractivity contribution >= 4 is 0 Å². The highest BCUT2D eigenvalue weighted by Crippen LogP contribution is 2.29. The monoisotopic (exact) mass is 179 g/mol. The largest absolute Gasteiger partial charge is 0.476 e. The van der Waals surface area contributed by atoms with Crippen LogP contribution in [-0.2, 0) is 6.54 Å². The maximum absolute atomic E-state index is 5.41. The Morgan fingerprint density at radius 1 is 1.38 bits per heavy atom. The van der Waals surface area contributed by atoms with Crippen molar-refractivity contribution in [2.75, 3.05) is 6.61 Å². The summed E-state index contributed by atoms with van der Waals surface area (Å²) in [5, 5.41) is 7.79. The van der Waals surface area contributed by atoms with Crippen molar-refractivity contribution in [1.29, 1.82) is 0 Å². The van der Waals surface area contributed by atoms with Gasteiger partial charge in [-0.3, -0.25) is 0 Å². The summed E-state index contributed by atoms with van der Waals surface area (Å²) in [5.74, 6) is 1.35. The summed E-state index contributed by atoms with van der Waals surface area (Å²) in [6.07, 6.45) is 2.57. The first kappa shape index (κ1) is 8.44. The van der Waals surface area contributed by atoms with Crippen LogP contribution in [0, 0.1) is 5.92 Å². The van der Waals surface area contributed by atoms with Gasteiger partial charge in [0.15, 0.2) is 0 Å². The number of nitrogens with zero attached hydrogens (tertiary/aromatic N) is 2. The van der Waals surface area contributed by atoms with Crippen molar-refractivity contribution < 1.29 is 4.74 Å².